The fraction of sp³-hybridized carbons (Fsp3) is 0.650. The van der Waals surface area contributed by atoms with Gasteiger partial charge < -0.3 is 15.0 Å². The molecule has 1 fully saturated rings. The number of nitrogens with one attached hydrogen (secondary N) is 1. The highest BCUT2D eigenvalue weighted by molar-refractivity contribution is 5.68. The number of likely N-dealkylation sites (tertiary alicyclic amines) is 1. The predicted octanol–water partition coefficient (Wildman–Crippen LogP) is 4.87. The molecular weight excluding hydrogens is 300 g/mol. The van der Waals surface area contributed by atoms with Crippen LogP contribution in [-0.4, -0.2) is 36.2 Å². The minimum atomic E-state index is -0.432. The standard InChI is InChI=1S/C20H32N2O2/c1-15(2)17-10-6-7-11-18(17)21-13-16-9-8-12-22(14-16)19(23)24-20(3,4)5/h6-7,10-11,15-16,21H,8-9,12-14H2,1-5H3. The van der Waals surface area contributed by atoms with Crippen LogP contribution >= 0.6 is 0 Å². The van der Waals surface area contributed by atoms with Gasteiger partial charge in [0.2, 0.25) is 0 Å². The van der Waals surface area contributed by atoms with Crippen LogP contribution in [0.25, 0.3) is 0 Å². The van der Waals surface area contributed by atoms with Crippen molar-refractivity contribution in [1.82, 2.24) is 4.90 Å². The predicted molar refractivity (Wildman–Crippen MR) is 99.6 cm³/mol. The van der Waals surface area contributed by atoms with Crippen LogP contribution in [0.1, 0.15) is 58.9 Å². The van der Waals surface area contributed by atoms with Crippen LogP contribution < -0.4 is 5.32 Å². The van der Waals surface area contributed by atoms with E-state index in [0.717, 1.165) is 32.5 Å². The third-order valence-electron chi connectivity index (χ3n) is 4.33. The van der Waals surface area contributed by atoms with Gasteiger partial charge in [0, 0.05) is 25.3 Å². The molecule has 24 heavy (non-hydrogen) atoms. The van der Waals surface area contributed by atoms with Crippen molar-refractivity contribution in [3.63, 3.8) is 0 Å². The molecule has 1 N–H and O–H groups in total. The van der Waals surface area contributed by atoms with Gasteiger partial charge in [0.25, 0.3) is 0 Å². The van der Waals surface area contributed by atoms with Gasteiger partial charge in [0.15, 0.2) is 0 Å². The Hall–Kier alpha value is -1.71. The van der Waals surface area contributed by atoms with Crippen LogP contribution in [0.4, 0.5) is 10.5 Å². The van der Waals surface area contributed by atoms with E-state index in [9.17, 15) is 4.79 Å². The Bertz CT molecular complexity index is 549. The molecule has 1 amide bonds. The lowest BCUT2D eigenvalue weighted by Gasteiger charge is -2.34. The average molecular weight is 332 g/mol. The van der Waals surface area contributed by atoms with Crippen molar-refractivity contribution < 1.29 is 9.53 Å². The van der Waals surface area contributed by atoms with Crippen molar-refractivity contribution in [1.29, 1.82) is 0 Å². The summed E-state index contributed by atoms with van der Waals surface area (Å²) in [4.78, 5) is 14.1. The number of rotatable bonds is 4. The van der Waals surface area contributed by atoms with E-state index in [1.54, 1.807) is 0 Å². The van der Waals surface area contributed by atoms with Crippen molar-refractivity contribution in [3.05, 3.63) is 29.8 Å². The molecular formula is C20H32N2O2. The van der Waals surface area contributed by atoms with Crippen molar-refractivity contribution >= 4 is 11.8 Å². The third-order valence-corrected chi connectivity index (χ3v) is 4.33. The van der Waals surface area contributed by atoms with Gasteiger partial charge in [-0.1, -0.05) is 32.0 Å². The van der Waals surface area contributed by atoms with Crippen LogP contribution in [0, 0.1) is 5.92 Å². The molecule has 4 nitrogen and oxygen atoms in total. The lowest BCUT2D eigenvalue weighted by atomic mass is 9.97. The topological polar surface area (TPSA) is 41.6 Å². The molecule has 0 spiro atoms. The Balaban J connectivity index is 1.91. The monoisotopic (exact) mass is 332 g/mol. The first kappa shape index (κ1) is 18.6. The van der Waals surface area contributed by atoms with E-state index in [1.165, 1.54) is 11.3 Å². The molecule has 0 radical (unpaired) electrons. The molecule has 1 aliphatic heterocycles. The number of nitrogens with zero attached hydrogens (tertiary/aromatic N) is 1. The lowest BCUT2D eigenvalue weighted by molar-refractivity contribution is 0.0172. The molecule has 1 saturated heterocycles. The van der Waals surface area contributed by atoms with Crippen LogP contribution in [0.2, 0.25) is 0 Å². The summed E-state index contributed by atoms with van der Waals surface area (Å²) in [6, 6.07) is 8.48. The summed E-state index contributed by atoms with van der Waals surface area (Å²) < 4.78 is 5.51. The zero-order valence-electron chi connectivity index (χ0n) is 15.8. The molecule has 1 aromatic rings. The molecule has 0 aromatic heterocycles. The van der Waals surface area contributed by atoms with Crippen molar-refractivity contribution in [2.45, 2.75) is 59.0 Å². The molecule has 0 saturated carbocycles. The highest BCUT2D eigenvalue weighted by Gasteiger charge is 2.27. The normalized spacial score (nSPS) is 18.6. The van der Waals surface area contributed by atoms with Crippen LogP contribution in [0.5, 0.6) is 0 Å². The largest absolute Gasteiger partial charge is 0.444 e. The minimum Gasteiger partial charge on any atom is -0.444 e. The number of carbonyl (C=O) groups excluding carboxylic acids is 1. The Morgan fingerprint density at radius 2 is 2.04 bits per heavy atom. The molecule has 0 aliphatic carbocycles. The number of benzene rings is 1. The van der Waals surface area contributed by atoms with Gasteiger partial charge in [-0.15, -0.1) is 0 Å². The third kappa shape index (κ3) is 5.43. The molecule has 134 valence electrons. The first-order valence-electron chi connectivity index (χ1n) is 9.07. The fourth-order valence-corrected chi connectivity index (χ4v) is 3.14. The van der Waals surface area contributed by atoms with Gasteiger partial charge in [-0.05, 0) is 57.1 Å². The van der Waals surface area contributed by atoms with Crippen LogP contribution in [0.3, 0.4) is 0 Å². The fourth-order valence-electron chi connectivity index (χ4n) is 3.14. The maximum atomic E-state index is 12.3. The quantitative estimate of drug-likeness (QED) is 0.855. The van der Waals surface area contributed by atoms with E-state index in [0.29, 0.717) is 11.8 Å². The molecule has 4 heteroatoms. The minimum absolute atomic E-state index is 0.185. The maximum Gasteiger partial charge on any atom is 0.410 e. The van der Waals surface area contributed by atoms with Crippen molar-refractivity contribution in [3.8, 4) is 0 Å². The zero-order chi connectivity index (χ0) is 17.7. The smallest absolute Gasteiger partial charge is 0.410 e. The summed E-state index contributed by atoms with van der Waals surface area (Å²) in [5, 5.41) is 3.59. The first-order valence-corrected chi connectivity index (χ1v) is 9.07. The molecule has 1 atom stereocenters. The van der Waals surface area contributed by atoms with E-state index in [2.05, 4.69) is 43.4 Å². The first-order chi connectivity index (χ1) is 11.3. The van der Waals surface area contributed by atoms with E-state index in [-0.39, 0.29) is 6.09 Å². The van der Waals surface area contributed by atoms with Crippen LogP contribution in [-0.2, 0) is 4.74 Å². The maximum absolute atomic E-state index is 12.3. The second-order valence-electron chi connectivity index (χ2n) is 8.06. The number of para-hydroxylation sites is 1. The summed E-state index contributed by atoms with van der Waals surface area (Å²) in [6.45, 7) is 12.6. The molecule has 1 aliphatic rings. The van der Waals surface area contributed by atoms with Crippen molar-refractivity contribution in [2.24, 2.45) is 5.92 Å². The number of carbonyl (C=O) groups is 1. The summed E-state index contributed by atoms with van der Waals surface area (Å²) in [5.74, 6) is 0.963. The molecule has 1 heterocycles. The molecule has 1 aromatic carbocycles. The van der Waals surface area contributed by atoms with E-state index < -0.39 is 5.60 Å². The number of anilines is 1. The number of amides is 1. The Morgan fingerprint density at radius 3 is 2.71 bits per heavy atom. The summed E-state index contributed by atoms with van der Waals surface area (Å²) in [7, 11) is 0. The number of hydrogen-bond donors (Lipinski definition) is 1. The summed E-state index contributed by atoms with van der Waals surface area (Å²) >= 11 is 0. The van der Waals surface area contributed by atoms with Gasteiger partial charge in [-0.25, -0.2) is 4.79 Å². The van der Waals surface area contributed by atoms with Crippen LogP contribution in [0.15, 0.2) is 24.3 Å². The zero-order valence-corrected chi connectivity index (χ0v) is 15.8. The number of piperidine rings is 1. The second-order valence-corrected chi connectivity index (χ2v) is 8.06. The summed E-state index contributed by atoms with van der Waals surface area (Å²) in [5.41, 5.74) is 2.12. The van der Waals surface area contributed by atoms with E-state index >= 15 is 0 Å². The van der Waals surface area contributed by atoms with E-state index in [4.69, 9.17) is 4.74 Å². The molecule has 1 unspecified atom stereocenters. The molecule has 0 bridgehead atoms. The molecule has 2 rings (SSSR count). The van der Waals surface area contributed by atoms with Crippen molar-refractivity contribution in [2.75, 3.05) is 25.0 Å². The van der Waals surface area contributed by atoms with Gasteiger partial charge in [-0.3, -0.25) is 0 Å². The highest BCUT2D eigenvalue weighted by Crippen LogP contribution is 2.25. The number of ether oxygens (including phenoxy) is 1. The van der Waals surface area contributed by atoms with Gasteiger partial charge >= 0.3 is 6.09 Å². The Labute approximate surface area is 146 Å². The highest BCUT2D eigenvalue weighted by atomic mass is 16.6. The SMILES string of the molecule is CC(C)c1ccccc1NCC1CCCN(C(=O)OC(C)(C)C)C1. The van der Waals surface area contributed by atoms with Gasteiger partial charge in [0.05, 0.1) is 0 Å². The number of hydrogen-bond acceptors (Lipinski definition) is 3. The average Bonchev–Trinajstić information content (AvgIpc) is 2.52. The van der Waals surface area contributed by atoms with Gasteiger partial charge in [0.1, 0.15) is 5.60 Å². The Kier molecular flexibility index (Phi) is 6.14. The van der Waals surface area contributed by atoms with E-state index in [1.807, 2.05) is 25.7 Å². The summed E-state index contributed by atoms with van der Waals surface area (Å²) in [6.07, 6.45) is 2.00. The van der Waals surface area contributed by atoms with Gasteiger partial charge in [-0.2, -0.15) is 0 Å². The Morgan fingerprint density at radius 1 is 1.33 bits per heavy atom. The second kappa shape index (κ2) is 7.91. The lowest BCUT2D eigenvalue weighted by Crippen LogP contribution is -2.44.